The molecule has 148 valence electrons. The van der Waals surface area contributed by atoms with E-state index in [4.69, 9.17) is 16.0 Å². The van der Waals surface area contributed by atoms with Gasteiger partial charge in [0, 0.05) is 31.2 Å². The minimum absolute atomic E-state index is 0.196. The highest BCUT2D eigenvalue weighted by molar-refractivity contribution is 7.89. The largest absolute Gasteiger partial charge is 0.421 e. The van der Waals surface area contributed by atoms with E-state index >= 15 is 0 Å². The summed E-state index contributed by atoms with van der Waals surface area (Å²) in [6, 6.07) is 10.3. The Labute approximate surface area is 165 Å². The maximum absolute atomic E-state index is 13.9. The van der Waals surface area contributed by atoms with Crippen LogP contribution in [0.4, 0.5) is 4.39 Å². The first-order valence-electron chi connectivity index (χ1n) is 8.62. The fraction of sp³-hybridized carbons (Fsp3) is 0.278. The Bertz CT molecular complexity index is 1180. The molecule has 0 saturated carbocycles. The molecule has 0 radical (unpaired) electrons. The zero-order valence-electron chi connectivity index (χ0n) is 14.7. The van der Waals surface area contributed by atoms with E-state index in [2.05, 4.69) is 0 Å². The second-order valence-corrected chi connectivity index (χ2v) is 8.84. The molecule has 10 heteroatoms. The van der Waals surface area contributed by atoms with Crippen LogP contribution in [0, 0.1) is 5.82 Å². The minimum Gasteiger partial charge on any atom is -0.408 e. The first-order chi connectivity index (χ1) is 13.4. The molecule has 2 heterocycles. The van der Waals surface area contributed by atoms with Gasteiger partial charge < -0.3 is 4.42 Å². The molecule has 0 atom stereocenters. The Balaban J connectivity index is 1.50. The molecular formula is C18H17ClFN3O4S. The Morgan fingerprint density at radius 2 is 1.79 bits per heavy atom. The zero-order valence-corrected chi connectivity index (χ0v) is 16.3. The number of piperazine rings is 1. The van der Waals surface area contributed by atoms with Crippen molar-refractivity contribution >= 4 is 32.7 Å². The SMILES string of the molecule is O=c1oc2ccc(Cl)cc2n1CN1CCN(S(=O)(=O)c2ccccc2F)CC1. The van der Waals surface area contributed by atoms with Gasteiger partial charge in [-0.1, -0.05) is 23.7 Å². The summed E-state index contributed by atoms with van der Waals surface area (Å²) in [5.74, 6) is -1.27. The van der Waals surface area contributed by atoms with Crippen LogP contribution in [-0.2, 0) is 16.7 Å². The molecule has 1 aromatic heterocycles. The Kier molecular flexibility index (Phi) is 5.00. The number of halogens is 2. The monoisotopic (exact) mass is 425 g/mol. The molecule has 4 rings (SSSR count). The topological polar surface area (TPSA) is 75.8 Å². The lowest BCUT2D eigenvalue weighted by atomic mass is 10.3. The first-order valence-corrected chi connectivity index (χ1v) is 10.4. The van der Waals surface area contributed by atoms with Crippen LogP contribution in [-0.4, -0.2) is 48.4 Å². The van der Waals surface area contributed by atoms with Crippen molar-refractivity contribution in [2.24, 2.45) is 0 Å². The van der Waals surface area contributed by atoms with E-state index in [1.54, 1.807) is 18.2 Å². The van der Waals surface area contributed by atoms with Crippen LogP contribution in [0.3, 0.4) is 0 Å². The maximum Gasteiger partial charge on any atom is 0.421 e. The molecule has 2 aromatic carbocycles. The molecule has 1 aliphatic heterocycles. The van der Waals surface area contributed by atoms with Gasteiger partial charge >= 0.3 is 5.76 Å². The van der Waals surface area contributed by atoms with Crippen LogP contribution in [0.25, 0.3) is 11.1 Å². The predicted molar refractivity (Wildman–Crippen MR) is 102 cm³/mol. The van der Waals surface area contributed by atoms with E-state index in [0.29, 0.717) is 29.2 Å². The summed E-state index contributed by atoms with van der Waals surface area (Å²) in [4.78, 5) is 13.8. The lowest BCUT2D eigenvalue weighted by molar-refractivity contribution is 0.150. The highest BCUT2D eigenvalue weighted by atomic mass is 35.5. The second-order valence-electron chi connectivity index (χ2n) is 6.50. The van der Waals surface area contributed by atoms with E-state index in [1.807, 2.05) is 4.90 Å². The predicted octanol–water partition coefficient (Wildman–Crippen LogP) is 2.35. The summed E-state index contributed by atoms with van der Waals surface area (Å²) in [6.45, 7) is 1.43. The summed E-state index contributed by atoms with van der Waals surface area (Å²) >= 11 is 6.01. The van der Waals surface area contributed by atoms with Crippen molar-refractivity contribution in [2.45, 2.75) is 11.6 Å². The van der Waals surface area contributed by atoms with Crippen LogP contribution < -0.4 is 5.76 Å². The first kappa shape index (κ1) is 19.1. The average molecular weight is 426 g/mol. The Morgan fingerprint density at radius 1 is 1.07 bits per heavy atom. The van der Waals surface area contributed by atoms with E-state index in [1.165, 1.54) is 27.1 Å². The lowest BCUT2D eigenvalue weighted by Crippen LogP contribution is -2.49. The minimum atomic E-state index is -3.90. The molecule has 1 fully saturated rings. The molecule has 3 aromatic rings. The molecule has 0 unspecified atom stereocenters. The highest BCUT2D eigenvalue weighted by Crippen LogP contribution is 2.22. The highest BCUT2D eigenvalue weighted by Gasteiger charge is 2.30. The van der Waals surface area contributed by atoms with Crippen molar-refractivity contribution in [3.63, 3.8) is 0 Å². The molecule has 1 aliphatic rings. The van der Waals surface area contributed by atoms with E-state index in [-0.39, 0.29) is 24.7 Å². The lowest BCUT2D eigenvalue weighted by Gasteiger charge is -2.33. The standard InChI is InChI=1S/C18H17ClFN3O4S/c19-13-5-6-16-15(11-13)23(18(24)27-16)12-21-7-9-22(10-8-21)28(25,26)17-4-2-1-3-14(17)20/h1-6,11H,7-10,12H2. The van der Waals surface area contributed by atoms with Gasteiger partial charge in [-0.05, 0) is 30.3 Å². The molecule has 1 saturated heterocycles. The summed E-state index contributed by atoms with van der Waals surface area (Å²) in [5.41, 5.74) is 1.02. The molecular weight excluding hydrogens is 409 g/mol. The number of sulfonamides is 1. The number of benzene rings is 2. The van der Waals surface area contributed by atoms with Gasteiger partial charge in [-0.15, -0.1) is 0 Å². The van der Waals surface area contributed by atoms with Crippen LogP contribution in [0.2, 0.25) is 5.02 Å². The third-order valence-electron chi connectivity index (χ3n) is 4.76. The van der Waals surface area contributed by atoms with Crippen molar-refractivity contribution in [1.82, 2.24) is 13.8 Å². The molecule has 0 bridgehead atoms. The van der Waals surface area contributed by atoms with Crippen molar-refractivity contribution in [3.05, 3.63) is 63.9 Å². The molecule has 0 spiro atoms. The smallest absolute Gasteiger partial charge is 0.408 e. The van der Waals surface area contributed by atoms with Crippen LogP contribution in [0.5, 0.6) is 0 Å². The van der Waals surface area contributed by atoms with Gasteiger partial charge in [-0.25, -0.2) is 17.6 Å². The van der Waals surface area contributed by atoms with Gasteiger partial charge in [0.1, 0.15) is 10.7 Å². The van der Waals surface area contributed by atoms with Gasteiger partial charge in [-0.2, -0.15) is 4.31 Å². The molecule has 0 amide bonds. The molecule has 28 heavy (non-hydrogen) atoms. The molecule has 0 aliphatic carbocycles. The fourth-order valence-corrected chi connectivity index (χ4v) is 4.93. The van der Waals surface area contributed by atoms with Crippen molar-refractivity contribution in [1.29, 1.82) is 0 Å². The normalized spacial score (nSPS) is 16.6. The summed E-state index contributed by atoms with van der Waals surface area (Å²) in [6.07, 6.45) is 0. The number of rotatable bonds is 4. The van der Waals surface area contributed by atoms with E-state index in [0.717, 1.165) is 6.07 Å². The average Bonchev–Trinajstić information content (AvgIpc) is 2.97. The third kappa shape index (κ3) is 3.46. The Morgan fingerprint density at radius 3 is 2.50 bits per heavy atom. The maximum atomic E-state index is 13.9. The van der Waals surface area contributed by atoms with Crippen molar-refractivity contribution < 1.29 is 17.2 Å². The van der Waals surface area contributed by atoms with Crippen LogP contribution in [0.15, 0.2) is 56.6 Å². The zero-order chi connectivity index (χ0) is 19.9. The number of oxazole rings is 1. The van der Waals surface area contributed by atoms with E-state index < -0.39 is 21.6 Å². The van der Waals surface area contributed by atoms with Gasteiger partial charge in [0.25, 0.3) is 0 Å². The number of aromatic nitrogens is 1. The van der Waals surface area contributed by atoms with Gasteiger partial charge in [0.2, 0.25) is 10.0 Å². The number of hydrogen-bond donors (Lipinski definition) is 0. The van der Waals surface area contributed by atoms with Gasteiger partial charge in [-0.3, -0.25) is 9.47 Å². The molecule has 0 N–H and O–H groups in total. The second kappa shape index (κ2) is 7.32. The van der Waals surface area contributed by atoms with Crippen LogP contribution >= 0.6 is 11.6 Å². The Hall–Kier alpha value is -2.20. The van der Waals surface area contributed by atoms with Gasteiger partial charge in [0.15, 0.2) is 5.58 Å². The number of nitrogens with zero attached hydrogens (tertiary/aromatic N) is 3. The molecule has 7 nitrogen and oxygen atoms in total. The van der Waals surface area contributed by atoms with Crippen molar-refractivity contribution in [3.8, 4) is 0 Å². The summed E-state index contributed by atoms with van der Waals surface area (Å²) in [5, 5.41) is 0.489. The fourth-order valence-electron chi connectivity index (χ4n) is 3.27. The summed E-state index contributed by atoms with van der Waals surface area (Å²) < 4.78 is 47.2. The summed E-state index contributed by atoms with van der Waals surface area (Å²) in [7, 11) is -3.90. The quantitative estimate of drug-likeness (QED) is 0.641. The van der Waals surface area contributed by atoms with Crippen LogP contribution in [0.1, 0.15) is 0 Å². The van der Waals surface area contributed by atoms with E-state index in [9.17, 15) is 17.6 Å². The van der Waals surface area contributed by atoms with Crippen molar-refractivity contribution in [2.75, 3.05) is 26.2 Å². The van der Waals surface area contributed by atoms with Gasteiger partial charge in [0.05, 0.1) is 12.2 Å². The third-order valence-corrected chi connectivity index (χ3v) is 6.92. The number of fused-ring (bicyclic) bond motifs is 1. The number of hydrogen-bond acceptors (Lipinski definition) is 5.